The van der Waals surface area contributed by atoms with Crippen molar-refractivity contribution in [2.24, 2.45) is 0 Å². The van der Waals surface area contributed by atoms with Crippen LogP contribution in [0.5, 0.6) is 0 Å². The van der Waals surface area contributed by atoms with Crippen LogP contribution in [-0.4, -0.2) is 21.7 Å². The molecule has 0 saturated heterocycles. The molecule has 0 spiro atoms. The first kappa shape index (κ1) is 21.3. The fraction of sp³-hybridized carbons (Fsp3) is 0.231. The van der Waals surface area contributed by atoms with Crippen molar-refractivity contribution < 1.29 is 9.59 Å². The molecule has 5 rings (SSSR count). The lowest BCUT2D eigenvalue weighted by Crippen LogP contribution is -2.37. The number of anilines is 1. The van der Waals surface area contributed by atoms with E-state index in [1.54, 1.807) is 36.0 Å². The number of ketones is 1. The Morgan fingerprint density at radius 3 is 2.70 bits per heavy atom. The van der Waals surface area contributed by atoms with E-state index in [-0.39, 0.29) is 17.6 Å². The van der Waals surface area contributed by atoms with E-state index in [0.717, 1.165) is 28.9 Å². The van der Waals surface area contributed by atoms with Crippen LogP contribution >= 0.6 is 11.3 Å². The zero-order valence-corrected chi connectivity index (χ0v) is 19.3. The molecule has 3 aromatic heterocycles. The average Bonchev–Trinajstić information content (AvgIpc) is 3.35. The van der Waals surface area contributed by atoms with Gasteiger partial charge in [-0.25, -0.2) is 4.98 Å². The number of aryl methyl sites for hydroxylation is 1. The number of carbonyl (C=O) groups excluding carboxylic acids is 2. The molecule has 166 valence electrons. The summed E-state index contributed by atoms with van der Waals surface area (Å²) < 4.78 is 0. The van der Waals surface area contributed by atoms with Gasteiger partial charge in [-0.05, 0) is 55.0 Å². The highest BCUT2D eigenvalue weighted by Crippen LogP contribution is 2.46. The fourth-order valence-electron chi connectivity index (χ4n) is 4.67. The highest BCUT2D eigenvalue weighted by molar-refractivity contribution is 7.10. The Kier molecular flexibility index (Phi) is 5.64. The number of hydrogen-bond donors (Lipinski definition) is 2. The Morgan fingerprint density at radius 2 is 2.00 bits per heavy atom. The van der Waals surface area contributed by atoms with E-state index >= 15 is 0 Å². The topological polar surface area (TPSA) is 84.0 Å². The van der Waals surface area contributed by atoms with E-state index in [9.17, 15) is 9.59 Å². The van der Waals surface area contributed by atoms with Crippen LogP contribution in [0, 0.1) is 6.92 Å². The monoisotopic (exact) mass is 456 g/mol. The van der Waals surface area contributed by atoms with Gasteiger partial charge in [-0.1, -0.05) is 18.2 Å². The summed E-state index contributed by atoms with van der Waals surface area (Å²) in [5, 5.41) is 8.36. The van der Waals surface area contributed by atoms with Gasteiger partial charge in [0.15, 0.2) is 5.78 Å². The molecule has 1 aliphatic heterocycles. The third kappa shape index (κ3) is 4.12. The molecule has 0 saturated carbocycles. The molecular formula is C26H24N4O2S. The molecular weight excluding hydrogens is 432 g/mol. The number of pyridine rings is 2. The third-order valence-electron chi connectivity index (χ3n) is 6.19. The molecule has 7 heteroatoms. The van der Waals surface area contributed by atoms with Crippen molar-refractivity contribution in [2.45, 2.75) is 38.5 Å². The van der Waals surface area contributed by atoms with Gasteiger partial charge in [-0.3, -0.25) is 14.6 Å². The summed E-state index contributed by atoms with van der Waals surface area (Å²) in [6.45, 7) is 3.84. The second-order valence-electron chi connectivity index (χ2n) is 8.49. The van der Waals surface area contributed by atoms with Gasteiger partial charge in [0, 0.05) is 64.3 Å². The quantitative estimate of drug-likeness (QED) is 0.587. The number of aromatic nitrogens is 2. The molecule has 4 heterocycles. The summed E-state index contributed by atoms with van der Waals surface area (Å²) in [5.74, 6) is -0.0500. The Bertz CT molecular complexity index is 1260. The van der Waals surface area contributed by atoms with Crippen molar-refractivity contribution in [3.63, 3.8) is 0 Å². The first-order chi connectivity index (χ1) is 16.0. The number of amides is 1. The number of hydrogen-bond acceptors (Lipinski definition) is 6. The predicted molar refractivity (Wildman–Crippen MR) is 129 cm³/mol. The zero-order valence-electron chi connectivity index (χ0n) is 18.5. The van der Waals surface area contributed by atoms with Crippen LogP contribution in [0.1, 0.15) is 47.6 Å². The standard InChI is InChI=1S/C26H24N4O2S/c1-15-7-8-22(28-13-15)30-26(32)23-16(2)29-19-11-18(21-6-4-10-33-21)12-20(31)25(19)24(23)17-5-3-9-27-14-17/h3-10,13-14,18,24,29H,11-12H2,1-2H3,(H,28,30,32). The molecule has 0 aromatic carbocycles. The maximum atomic E-state index is 13.5. The number of Topliss-reactive ketones (excluding diaryl/α,β-unsaturated/α-hetero) is 1. The van der Waals surface area contributed by atoms with Gasteiger partial charge in [-0.15, -0.1) is 11.3 Å². The minimum Gasteiger partial charge on any atom is -0.362 e. The second kappa shape index (κ2) is 8.75. The normalized spacial score (nSPS) is 20.4. The molecule has 1 amide bonds. The predicted octanol–water partition coefficient (Wildman–Crippen LogP) is 4.85. The van der Waals surface area contributed by atoms with E-state index in [4.69, 9.17) is 0 Å². The average molecular weight is 457 g/mol. The second-order valence-corrected chi connectivity index (χ2v) is 9.47. The van der Waals surface area contributed by atoms with Crippen LogP contribution in [0.15, 0.2) is 82.9 Å². The number of thiophene rings is 1. The number of nitrogens with one attached hydrogen (secondary N) is 2. The summed E-state index contributed by atoms with van der Waals surface area (Å²) >= 11 is 1.68. The third-order valence-corrected chi connectivity index (χ3v) is 7.22. The molecule has 33 heavy (non-hydrogen) atoms. The maximum absolute atomic E-state index is 13.5. The van der Waals surface area contributed by atoms with Crippen molar-refractivity contribution in [1.82, 2.24) is 15.3 Å². The summed E-state index contributed by atoms with van der Waals surface area (Å²) in [6, 6.07) is 11.6. The lowest BCUT2D eigenvalue weighted by atomic mass is 9.73. The van der Waals surface area contributed by atoms with Crippen molar-refractivity contribution in [3.05, 3.63) is 98.9 Å². The van der Waals surface area contributed by atoms with E-state index < -0.39 is 5.92 Å². The summed E-state index contributed by atoms with van der Waals surface area (Å²) in [7, 11) is 0. The van der Waals surface area contributed by atoms with Crippen LogP contribution in [0.2, 0.25) is 0 Å². The molecule has 0 fully saturated rings. The van der Waals surface area contributed by atoms with Crippen molar-refractivity contribution in [3.8, 4) is 0 Å². The first-order valence-corrected chi connectivity index (χ1v) is 11.8. The number of nitrogens with zero attached hydrogens (tertiary/aromatic N) is 2. The van der Waals surface area contributed by atoms with Crippen LogP contribution in [-0.2, 0) is 9.59 Å². The molecule has 2 aliphatic rings. The van der Waals surface area contributed by atoms with Gasteiger partial charge in [0.25, 0.3) is 5.91 Å². The number of dihydropyridines is 1. The van der Waals surface area contributed by atoms with E-state index in [2.05, 4.69) is 26.7 Å². The van der Waals surface area contributed by atoms with E-state index in [1.165, 1.54) is 4.88 Å². The maximum Gasteiger partial charge on any atom is 0.255 e. The Morgan fingerprint density at radius 1 is 1.12 bits per heavy atom. The van der Waals surface area contributed by atoms with Gasteiger partial charge >= 0.3 is 0 Å². The number of allylic oxidation sites excluding steroid dienone is 3. The highest BCUT2D eigenvalue weighted by Gasteiger charge is 2.41. The van der Waals surface area contributed by atoms with Crippen LogP contribution in [0.3, 0.4) is 0 Å². The largest absolute Gasteiger partial charge is 0.362 e. The molecule has 1 aliphatic carbocycles. The molecule has 3 aromatic rings. The molecule has 2 unspecified atom stereocenters. The zero-order chi connectivity index (χ0) is 22.9. The van der Waals surface area contributed by atoms with Crippen molar-refractivity contribution >= 4 is 28.8 Å². The fourth-order valence-corrected chi connectivity index (χ4v) is 5.50. The lowest BCUT2D eigenvalue weighted by Gasteiger charge is -2.36. The molecule has 2 N–H and O–H groups in total. The lowest BCUT2D eigenvalue weighted by molar-refractivity contribution is -0.116. The minimum atomic E-state index is -0.475. The number of rotatable bonds is 4. The first-order valence-electron chi connectivity index (χ1n) is 10.9. The molecule has 0 radical (unpaired) electrons. The van der Waals surface area contributed by atoms with E-state index in [0.29, 0.717) is 23.4 Å². The van der Waals surface area contributed by atoms with Crippen LogP contribution in [0.25, 0.3) is 0 Å². The minimum absolute atomic E-state index is 0.0715. The van der Waals surface area contributed by atoms with Crippen molar-refractivity contribution in [2.75, 3.05) is 5.32 Å². The van der Waals surface area contributed by atoms with Gasteiger partial charge in [0.1, 0.15) is 5.82 Å². The summed E-state index contributed by atoms with van der Waals surface area (Å²) in [6.07, 6.45) is 6.33. The Hall–Kier alpha value is -3.58. The summed E-state index contributed by atoms with van der Waals surface area (Å²) in [4.78, 5) is 36.8. The Balaban J connectivity index is 1.54. The van der Waals surface area contributed by atoms with E-state index in [1.807, 2.05) is 43.5 Å². The van der Waals surface area contributed by atoms with Crippen molar-refractivity contribution in [1.29, 1.82) is 0 Å². The van der Waals surface area contributed by atoms with Crippen LogP contribution in [0.4, 0.5) is 5.82 Å². The SMILES string of the molecule is CC1=C(C(=O)Nc2ccc(C)cn2)C(c2cccnc2)C2=C(CC(c3cccs3)CC2=O)N1. The Labute approximate surface area is 196 Å². The van der Waals surface area contributed by atoms with Gasteiger partial charge in [-0.2, -0.15) is 0 Å². The highest BCUT2D eigenvalue weighted by atomic mass is 32.1. The van der Waals surface area contributed by atoms with Gasteiger partial charge < -0.3 is 10.6 Å². The molecule has 6 nitrogen and oxygen atoms in total. The number of carbonyl (C=O) groups is 2. The molecule has 2 atom stereocenters. The van der Waals surface area contributed by atoms with Gasteiger partial charge in [0.05, 0.1) is 0 Å². The smallest absolute Gasteiger partial charge is 0.255 e. The molecule has 0 bridgehead atoms. The van der Waals surface area contributed by atoms with Crippen LogP contribution < -0.4 is 10.6 Å². The summed E-state index contributed by atoms with van der Waals surface area (Å²) in [5.41, 5.74) is 4.68. The van der Waals surface area contributed by atoms with Gasteiger partial charge in [0.2, 0.25) is 0 Å².